The minimum Gasteiger partial charge on any atom is -0.612 e. The quantitative estimate of drug-likeness (QED) is 0.848. The summed E-state index contributed by atoms with van der Waals surface area (Å²) in [4.78, 5) is 11.4. The Hall–Kier alpha value is -0.230. The minimum atomic E-state index is -1.24. The SMILES string of the molecule is C[S+]([O-])c1cc(C(N)=O)c(Br)cc1Cl. The Labute approximate surface area is 97.9 Å². The molecule has 6 heteroatoms. The van der Waals surface area contributed by atoms with Gasteiger partial charge in [-0.05, 0) is 33.2 Å². The van der Waals surface area contributed by atoms with Crippen LogP contribution in [0, 0.1) is 0 Å². The second-order valence-corrected chi connectivity index (χ2v) is 5.19. The van der Waals surface area contributed by atoms with Crippen molar-refractivity contribution in [2.45, 2.75) is 4.90 Å². The number of hydrogen-bond donors (Lipinski definition) is 1. The molecule has 0 aliphatic carbocycles. The molecule has 1 atom stereocenters. The van der Waals surface area contributed by atoms with E-state index in [1.165, 1.54) is 18.4 Å². The molecule has 0 spiro atoms. The third kappa shape index (κ3) is 2.42. The van der Waals surface area contributed by atoms with Gasteiger partial charge in [0.1, 0.15) is 6.26 Å². The third-order valence-corrected chi connectivity index (χ3v) is 3.63. The van der Waals surface area contributed by atoms with Crippen LogP contribution in [0.5, 0.6) is 0 Å². The van der Waals surface area contributed by atoms with E-state index in [4.69, 9.17) is 17.3 Å². The summed E-state index contributed by atoms with van der Waals surface area (Å²) in [5, 5.41) is 0.350. The van der Waals surface area contributed by atoms with E-state index < -0.39 is 17.1 Å². The Bertz CT molecular complexity index is 384. The molecule has 0 aliphatic rings. The standard InChI is InChI=1S/C8H7BrClNO2S/c1-14(13)7-2-4(8(11)12)5(9)3-6(7)10/h2-3H,1H3,(H2,11,12). The van der Waals surface area contributed by atoms with Crippen molar-refractivity contribution in [3.8, 4) is 0 Å². The number of amides is 1. The van der Waals surface area contributed by atoms with Gasteiger partial charge in [-0.3, -0.25) is 4.79 Å². The molecule has 76 valence electrons. The Kier molecular flexibility index (Phi) is 3.83. The lowest BCUT2D eigenvalue weighted by molar-refractivity contribution is 0.0999. The highest BCUT2D eigenvalue weighted by atomic mass is 79.9. The van der Waals surface area contributed by atoms with Crippen LogP contribution < -0.4 is 5.73 Å². The second-order valence-electron chi connectivity index (χ2n) is 2.58. The number of hydrogen-bond acceptors (Lipinski definition) is 2. The number of nitrogens with two attached hydrogens (primary N) is 1. The summed E-state index contributed by atoms with van der Waals surface area (Å²) in [6.45, 7) is 0. The van der Waals surface area contributed by atoms with Crippen molar-refractivity contribution in [2.24, 2.45) is 5.73 Å². The van der Waals surface area contributed by atoms with Gasteiger partial charge in [-0.2, -0.15) is 0 Å². The van der Waals surface area contributed by atoms with Crippen LogP contribution in [-0.4, -0.2) is 16.7 Å². The zero-order valence-corrected chi connectivity index (χ0v) is 10.4. The van der Waals surface area contributed by atoms with E-state index in [1.54, 1.807) is 0 Å². The molecule has 0 radical (unpaired) electrons. The summed E-state index contributed by atoms with van der Waals surface area (Å²) >= 11 is 7.74. The number of carbonyl (C=O) groups excluding carboxylic acids is 1. The lowest BCUT2D eigenvalue weighted by Crippen LogP contribution is -2.13. The van der Waals surface area contributed by atoms with Crippen molar-refractivity contribution >= 4 is 44.6 Å². The lowest BCUT2D eigenvalue weighted by Gasteiger charge is -2.08. The molecular formula is C8H7BrClNO2S. The summed E-state index contributed by atoms with van der Waals surface area (Å²) in [7, 11) is 0. The van der Waals surface area contributed by atoms with E-state index in [-0.39, 0.29) is 5.56 Å². The molecule has 0 aromatic heterocycles. The first kappa shape index (κ1) is 11.8. The minimum absolute atomic E-state index is 0.277. The normalized spacial score (nSPS) is 12.6. The van der Waals surface area contributed by atoms with Gasteiger partial charge in [-0.15, -0.1) is 0 Å². The first-order valence-corrected chi connectivity index (χ1v) is 6.28. The summed E-state index contributed by atoms with van der Waals surface area (Å²) < 4.78 is 11.7. The fourth-order valence-electron chi connectivity index (χ4n) is 0.938. The Morgan fingerprint density at radius 2 is 2.21 bits per heavy atom. The zero-order chi connectivity index (χ0) is 10.9. The van der Waals surface area contributed by atoms with Crippen LogP contribution in [0.25, 0.3) is 0 Å². The molecule has 0 bridgehead atoms. The lowest BCUT2D eigenvalue weighted by atomic mass is 10.2. The predicted octanol–water partition coefficient (Wildman–Crippen LogP) is 1.94. The van der Waals surface area contributed by atoms with Crippen LogP contribution in [0.3, 0.4) is 0 Å². The maximum Gasteiger partial charge on any atom is 0.250 e. The molecule has 1 aromatic rings. The van der Waals surface area contributed by atoms with Gasteiger partial charge in [0.15, 0.2) is 4.90 Å². The summed E-state index contributed by atoms with van der Waals surface area (Å²) in [5.41, 5.74) is 5.40. The Morgan fingerprint density at radius 1 is 1.64 bits per heavy atom. The van der Waals surface area contributed by atoms with Crippen molar-refractivity contribution < 1.29 is 9.35 Å². The van der Waals surface area contributed by atoms with Crippen LogP contribution in [0.1, 0.15) is 10.4 Å². The largest absolute Gasteiger partial charge is 0.612 e. The van der Waals surface area contributed by atoms with Crippen molar-refractivity contribution in [1.82, 2.24) is 0 Å². The van der Waals surface area contributed by atoms with E-state index in [0.29, 0.717) is 14.4 Å². The molecule has 0 saturated carbocycles. The number of halogens is 2. The van der Waals surface area contributed by atoms with E-state index >= 15 is 0 Å². The average molecular weight is 297 g/mol. The topological polar surface area (TPSA) is 66.2 Å². The molecule has 0 fully saturated rings. The molecule has 1 unspecified atom stereocenters. The van der Waals surface area contributed by atoms with Gasteiger partial charge >= 0.3 is 0 Å². The first-order chi connectivity index (χ1) is 6.43. The molecular weight excluding hydrogens is 290 g/mol. The summed E-state index contributed by atoms with van der Waals surface area (Å²) in [6, 6.07) is 2.95. The fraction of sp³-hybridized carbons (Fsp3) is 0.125. The monoisotopic (exact) mass is 295 g/mol. The smallest absolute Gasteiger partial charge is 0.250 e. The van der Waals surface area contributed by atoms with Gasteiger partial charge in [0.2, 0.25) is 5.91 Å². The molecule has 0 aliphatic heterocycles. The van der Waals surface area contributed by atoms with Crippen molar-refractivity contribution in [1.29, 1.82) is 0 Å². The Morgan fingerprint density at radius 3 is 2.64 bits per heavy atom. The number of benzene rings is 1. The number of rotatable bonds is 2. The molecule has 1 rings (SSSR count). The second kappa shape index (κ2) is 4.53. The van der Waals surface area contributed by atoms with E-state index in [1.807, 2.05) is 0 Å². The zero-order valence-electron chi connectivity index (χ0n) is 7.21. The molecule has 1 amide bonds. The Balaban J connectivity index is 3.34. The van der Waals surface area contributed by atoms with E-state index in [2.05, 4.69) is 15.9 Å². The van der Waals surface area contributed by atoms with Gasteiger partial charge in [0.05, 0.1) is 10.6 Å². The van der Waals surface area contributed by atoms with Gasteiger partial charge in [0.25, 0.3) is 0 Å². The van der Waals surface area contributed by atoms with Crippen molar-refractivity contribution in [3.63, 3.8) is 0 Å². The van der Waals surface area contributed by atoms with Crippen LogP contribution in [0.15, 0.2) is 21.5 Å². The summed E-state index contributed by atoms with van der Waals surface area (Å²) in [6.07, 6.45) is 1.49. The molecule has 3 nitrogen and oxygen atoms in total. The molecule has 14 heavy (non-hydrogen) atoms. The fourth-order valence-corrected chi connectivity index (χ4v) is 2.72. The van der Waals surface area contributed by atoms with Crippen LogP contribution in [-0.2, 0) is 11.2 Å². The highest BCUT2D eigenvalue weighted by molar-refractivity contribution is 9.10. The maximum atomic E-state index is 11.2. The predicted molar refractivity (Wildman–Crippen MR) is 60.0 cm³/mol. The van der Waals surface area contributed by atoms with Crippen molar-refractivity contribution in [3.05, 3.63) is 27.2 Å². The molecule has 2 N–H and O–H groups in total. The number of carbonyl (C=O) groups is 1. The molecule has 0 heterocycles. The van der Waals surface area contributed by atoms with Crippen molar-refractivity contribution in [2.75, 3.05) is 6.26 Å². The maximum absolute atomic E-state index is 11.2. The molecule has 0 saturated heterocycles. The average Bonchev–Trinajstić information content (AvgIpc) is 2.02. The van der Waals surface area contributed by atoms with E-state index in [0.717, 1.165) is 0 Å². The highest BCUT2D eigenvalue weighted by Gasteiger charge is 2.16. The van der Waals surface area contributed by atoms with Gasteiger partial charge < -0.3 is 10.3 Å². The van der Waals surface area contributed by atoms with E-state index in [9.17, 15) is 9.35 Å². The van der Waals surface area contributed by atoms with Crippen LogP contribution in [0.4, 0.5) is 0 Å². The van der Waals surface area contributed by atoms with Crippen LogP contribution in [0.2, 0.25) is 5.02 Å². The van der Waals surface area contributed by atoms with Gasteiger partial charge in [-0.1, -0.05) is 11.6 Å². The van der Waals surface area contributed by atoms with Gasteiger partial charge in [-0.25, -0.2) is 0 Å². The third-order valence-electron chi connectivity index (χ3n) is 1.60. The first-order valence-electron chi connectivity index (χ1n) is 3.55. The summed E-state index contributed by atoms with van der Waals surface area (Å²) in [5.74, 6) is -0.583. The van der Waals surface area contributed by atoms with Crippen LogP contribution >= 0.6 is 27.5 Å². The van der Waals surface area contributed by atoms with Gasteiger partial charge in [0, 0.05) is 10.5 Å². The number of primary amides is 1. The molecule has 1 aromatic carbocycles. The highest BCUT2D eigenvalue weighted by Crippen LogP contribution is 2.28.